The van der Waals surface area contributed by atoms with Gasteiger partial charge in [0.05, 0.1) is 22.1 Å². The SMILES string of the molecule is O=[N+]([O-])c1ccc(Br)c(Oc2cc(Cl)ccc2CO)c1. The Morgan fingerprint density at radius 2 is 2.00 bits per heavy atom. The van der Waals surface area contributed by atoms with E-state index in [1.54, 1.807) is 18.2 Å². The van der Waals surface area contributed by atoms with E-state index < -0.39 is 4.92 Å². The first-order chi connectivity index (χ1) is 9.51. The van der Waals surface area contributed by atoms with Crippen LogP contribution < -0.4 is 4.74 Å². The highest BCUT2D eigenvalue weighted by atomic mass is 79.9. The summed E-state index contributed by atoms with van der Waals surface area (Å²) in [6.45, 7) is -0.223. The Morgan fingerprint density at radius 1 is 1.25 bits per heavy atom. The maximum Gasteiger partial charge on any atom is 0.273 e. The second kappa shape index (κ2) is 6.21. The first kappa shape index (κ1) is 14.8. The lowest BCUT2D eigenvalue weighted by Gasteiger charge is -2.11. The fourth-order valence-electron chi connectivity index (χ4n) is 1.56. The van der Waals surface area contributed by atoms with Gasteiger partial charge in [-0.15, -0.1) is 0 Å². The average Bonchev–Trinajstić information content (AvgIpc) is 2.41. The second-order valence-electron chi connectivity index (χ2n) is 3.88. The normalized spacial score (nSPS) is 10.3. The molecule has 2 aromatic carbocycles. The van der Waals surface area contributed by atoms with Crippen molar-refractivity contribution in [3.8, 4) is 11.5 Å². The Labute approximate surface area is 128 Å². The van der Waals surface area contributed by atoms with Crippen LogP contribution in [-0.4, -0.2) is 10.0 Å². The summed E-state index contributed by atoms with van der Waals surface area (Å²) in [5.74, 6) is 0.623. The van der Waals surface area contributed by atoms with E-state index in [1.165, 1.54) is 18.2 Å². The summed E-state index contributed by atoms with van der Waals surface area (Å²) in [6, 6.07) is 8.98. The average molecular weight is 359 g/mol. The zero-order valence-corrected chi connectivity index (χ0v) is 12.4. The summed E-state index contributed by atoms with van der Waals surface area (Å²) >= 11 is 9.14. The summed E-state index contributed by atoms with van der Waals surface area (Å²) < 4.78 is 6.17. The molecule has 2 aromatic rings. The molecule has 5 nitrogen and oxygen atoms in total. The molecule has 104 valence electrons. The molecule has 0 aliphatic heterocycles. The van der Waals surface area contributed by atoms with Crippen LogP contribution in [0.4, 0.5) is 5.69 Å². The van der Waals surface area contributed by atoms with Gasteiger partial charge in [-0.1, -0.05) is 17.7 Å². The molecule has 0 atom stereocenters. The lowest BCUT2D eigenvalue weighted by atomic mass is 10.2. The number of non-ortho nitro benzene ring substituents is 1. The number of hydrogen-bond donors (Lipinski definition) is 1. The molecule has 0 saturated carbocycles. The number of nitro benzene ring substituents is 1. The Bertz CT molecular complexity index is 663. The molecule has 0 fully saturated rings. The third kappa shape index (κ3) is 3.27. The minimum absolute atomic E-state index is 0.0872. The van der Waals surface area contributed by atoms with Crippen molar-refractivity contribution in [1.29, 1.82) is 0 Å². The van der Waals surface area contributed by atoms with E-state index in [9.17, 15) is 15.2 Å². The number of hydrogen-bond acceptors (Lipinski definition) is 4. The molecule has 0 saturated heterocycles. The molecule has 0 aliphatic carbocycles. The van der Waals surface area contributed by atoms with Crippen LogP contribution in [0.15, 0.2) is 40.9 Å². The first-order valence-corrected chi connectivity index (χ1v) is 6.69. The van der Waals surface area contributed by atoms with E-state index in [0.29, 0.717) is 20.8 Å². The minimum Gasteiger partial charge on any atom is -0.455 e. The van der Waals surface area contributed by atoms with Gasteiger partial charge in [-0.25, -0.2) is 0 Å². The van der Waals surface area contributed by atoms with E-state index in [1.807, 2.05) is 0 Å². The second-order valence-corrected chi connectivity index (χ2v) is 5.17. The molecule has 0 amide bonds. The number of halogens is 2. The van der Waals surface area contributed by atoms with E-state index in [2.05, 4.69) is 15.9 Å². The molecule has 0 unspecified atom stereocenters. The number of benzene rings is 2. The van der Waals surface area contributed by atoms with Crippen LogP contribution in [0.2, 0.25) is 5.02 Å². The van der Waals surface area contributed by atoms with Gasteiger partial charge in [-0.2, -0.15) is 0 Å². The van der Waals surface area contributed by atoms with Crippen molar-refractivity contribution in [2.45, 2.75) is 6.61 Å². The van der Waals surface area contributed by atoms with Crippen molar-refractivity contribution < 1.29 is 14.8 Å². The smallest absolute Gasteiger partial charge is 0.273 e. The van der Waals surface area contributed by atoms with Crippen LogP contribution in [0.5, 0.6) is 11.5 Å². The van der Waals surface area contributed by atoms with Gasteiger partial charge in [0.25, 0.3) is 5.69 Å². The maximum absolute atomic E-state index is 10.8. The van der Waals surface area contributed by atoms with E-state index in [-0.39, 0.29) is 18.0 Å². The number of nitro groups is 1. The van der Waals surface area contributed by atoms with Gasteiger partial charge >= 0.3 is 0 Å². The van der Waals surface area contributed by atoms with Gasteiger partial charge in [0.1, 0.15) is 11.5 Å². The van der Waals surface area contributed by atoms with Gasteiger partial charge in [-0.05, 0) is 34.1 Å². The van der Waals surface area contributed by atoms with Gasteiger partial charge in [0.2, 0.25) is 0 Å². The fraction of sp³-hybridized carbons (Fsp3) is 0.0769. The predicted octanol–water partition coefficient (Wildman–Crippen LogP) is 4.30. The Kier molecular flexibility index (Phi) is 4.59. The van der Waals surface area contributed by atoms with Crippen molar-refractivity contribution in [2.75, 3.05) is 0 Å². The Morgan fingerprint density at radius 3 is 2.65 bits per heavy atom. The third-order valence-electron chi connectivity index (χ3n) is 2.55. The molecule has 0 radical (unpaired) electrons. The Balaban J connectivity index is 2.41. The van der Waals surface area contributed by atoms with E-state index in [0.717, 1.165) is 0 Å². The predicted molar refractivity (Wildman–Crippen MR) is 78.2 cm³/mol. The fourth-order valence-corrected chi connectivity index (χ4v) is 2.05. The van der Waals surface area contributed by atoms with Crippen LogP contribution in [0.1, 0.15) is 5.56 Å². The topological polar surface area (TPSA) is 72.6 Å². The largest absolute Gasteiger partial charge is 0.455 e. The third-order valence-corrected chi connectivity index (χ3v) is 3.44. The molecular formula is C13H9BrClNO4. The van der Waals surface area contributed by atoms with Gasteiger partial charge in [-0.3, -0.25) is 10.1 Å². The molecule has 0 bridgehead atoms. The summed E-state index contributed by atoms with van der Waals surface area (Å²) in [4.78, 5) is 10.3. The van der Waals surface area contributed by atoms with Crippen LogP contribution in [-0.2, 0) is 6.61 Å². The number of aliphatic hydroxyl groups excluding tert-OH is 1. The highest BCUT2D eigenvalue weighted by Gasteiger charge is 2.13. The van der Waals surface area contributed by atoms with Crippen LogP contribution >= 0.6 is 27.5 Å². The number of rotatable bonds is 4. The zero-order valence-electron chi connectivity index (χ0n) is 10.0. The van der Waals surface area contributed by atoms with Crippen molar-refractivity contribution >= 4 is 33.2 Å². The Hall–Kier alpha value is -1.63. The summed E-state index contributed by atoms with van der Waals surface area (Å²) in [5, 5.41) is 20.5. The lowest BCUT2D eigenvalue weighted by molar-refractivity contribution is -0.384. The quantitative estimate of drug-likeness (QED) is 0.653. The molecule has 0 spiro atoms. The van der Waals surface area contributed by atoms with Gasteiger partial charge in [0, 0.05) is 16.7 Å². The molecular weight excluding hydrogens is 350 g/mol. The van der Waals surface area contributed by atoms with Crippen molar-refractivity contribution in [2.24, 2.45) is 0 Å². The van der Waals surface area contributed by atoms with E-state index >= 15 is 0 Å². The van der Waals surface area contributed by atoms with Crippen molar-refractivity contribution in [3.63, 3.8) is 0 Å². The molecule has 20 heavy (non-hydrogen) atoms. The van der Waals surface area contributed by atoms with Crippen molar-refractivity contribution in [3.05, 3.63) is 61.6 Å². The standard InChI is InChI=1S/C13H9BrClNO4/c14-11-4-3-10(16(18)19)6-13(11)20-12-5-9(15)2-1-8(12)7-17/h1-6,17H,7H2. The molecule has 2 rings (SSSR count). The highest BCUT2D eigenvalue weighted by Crippen LogP contribution is 2.35. The number of aliphatic hydroxyl groups is 1. The summed E-state index contributed by atoms with van der Waals surface area (Å²) in [5.41, 5.74) is 0.448. The van der Waals surface area contributed by atoms with Gasteiger partial charge in [0.15, 0.2) is 0 Å². The molecule has 0 aromatic heterocycles. The maximum atomic E-state index is 10.8. The van der Waals surface area contributed by atoms with Gasteiger partial charge < -0.3 is 9.84 Å². The summed E-state index contributed by atoms with van der Waals surface area (Å²) in [7, 11) is 0. The number of nitrogens with zero attached hydrogens (tertiary/aromatic N) is 1. The molecule has 1 N–H and O–H groups in total. The molecule has 7 heteroatoms. The minimum atomic E-state index is -0.510. The van der Waals surface area contributed by atoms with Crippen LogP contribution in [0, 0.1) is 10.1 Å². The van der Waals surface area contributed by atoms with Crippen LogP contribution in [0.3, 0.4) is 0 Å². The first-order valence-electron chi connectivity index (χ1n) is 5.52. The zero-order chi connectivity index (χ0) is 14.7. The molecule has 0 heterocycles. The lowest BCUT2D eigenvalue weighted by Crippen LogP contribution is -1.94. The van der Waals surface area contributed by atoms with Crippen molar-refractivity contribution in [1.82, 2.24) is 0 Å². The highest BCUT2D eigenvalue weighted by molar-refractivity contribution is 9.10. The van der Waals surface area contributed by atoms with Crippen LogP contribution in [0.25, 0.3) is 0 Å². The molecule has 0 aliphatic rings. The monoisotopic (exact) mass is 357 g/mol. The number of ether oxygens (including phenoxy) is 1. The van der Waals surface area contributed by atoms with E-state index in [4.69, 9.17) is 16.3 Å². The summed E-state index contributed by atoms with van der Waals surface area (Å²) in [6.07, 6.45) is 0.